The number of carbonyl (C=O) groups excluding carboxylic acids is 10. The fourth-order valence-corrected chi connectivity index (χ4v) is 14.4. The minimum absolute atomic E-state index is 0.0358. The Labute approximate surface area is 597 Å². The summed E-state index contributed by atoms with van der Waals surface area (Å²) in [4.78, 5) is 172. The zero-order chi connectivity index (χ0) is 74.1. The third kappa shape index (κ3) is 20.7. The van der Waals surface area contributed by atoms with Crippen LogP contribution >= 0.6 is 23.5 Å². The van der Waals surface area contributed by atoms with Gasteiger partial charge >= 0.3 is 5.97 Å². The number of benzene rings is 4. The van der Waals surface area contributed by atoms with Crippen LogP contribution in [0.2, 0.25) is 0 Å². The third-order valence-electron chi connectivity index (χ3n) is 17.9. The number of nitrogens with zero attached hydrogens (tertiary/aromatic N) is 2. The van der Waals surface area contributed by atoms with Crippen molar-refractivity contribution in [2.75, 3.05) is 31.1 Å². The summed E-state index contributed by atoms with van der Waals surface area (Å²) in [5.41, 5.74) is 11.0. The SMILES string of the molecule is C[C@@]12CCCN1C(=O)[C@](C)(Cc1ccc(O)cc1)NC(=O)[C@H](Cc1cnc[nH]1)NC(=O)[C@H](CC(=O)O)NC(=O)[C@H](Cc1c[nH]c3ccc(F)cc13)NC(=O)[C@H](Cc1c[nH]c3ccc(F)cc13)NC(=O)CNC(=O)[C@H](CCCCN)NC(=O)CCSCc1cc(F)cc(c1)CSC[C@@H](C(N)=O)NC2=O. The maximum Gasteiger partial charge on any atom is 0.305 e. The number of H-pyrrole nitrogens is 3. The predicted octanol–water partition coefficient (Wildman–Crippen LogP) is 2.71. The molecule has 10 amide bonds. The molecule has 0 radical (unpaired) electrons. The fraction of sp³-hybridized carbons (Fsp3) is 0.400. The number of phenols is 1. The molecular weight excluding hydrogens is 1380 g/mol. The van der Waals surface area contributed by atoms with Crippen LogP contribution in [0.3, 0.4) is 0 Å². The van der Waals surface area contributed by atoms with Gasteiger partial charge in [-0.25, -0.2) is 18.2 Å². The van der Waals surface area contributed by atoms with E-state index in [0.29, 0.717) is 51.5 Å². The highest BCUT2D eigenvalue weighted by Crippen LogP contribution is 2.34. The van der Waals surface area contributed by atoms with E-state index in [0.717, 1.165) is 17.8 Å². The second kappa shape index (κ2) is 35.0. The highest BCUT2D eigenvalue weighted by atomic mass is 32.2. The molecule has 2 aliphatic heterocycles. The maximum absolute atomic E-state index is 15.5. The molecule has 0 aliphatic carbocycles. The molecule has 28 nitrogen and oxygen atoms in total. The normalized spacial score (nSPS) is 23.2. The number of hydrogen-bond acceptors (Lipinski definition) is 16. The monoisotopic (exact) mass is 1460 g/mol. The van der Waals surface area contributed by atoms with Gasteiger partial charge in [0.15, 0.2) is 0 Å². The second-order valence-corrected chi connectivity index (χ2v) is 28.1. The van der Waals surface area contributed by atoms with Crippen LogP contribution in [-0.2, 0) is 89.9 Å². The molecule has 17 N–H and O–H groups in total. The molecule has 8 atom stereocenters. The van der Waals surface area contributed by atoms with Crippen molar-refractivity contribution in [2.24, 2.45) is 11.5 Å². The Morgan fingerprint density at radius 1 is 0.660 bits per heavy atom. The molecule has 1 saturated heterocycles. The first-order valence-electron chi connectivity index (χ1n) is 33.3. The van der Waals surface area contributed by atoms with Gasteiger partial charge in [-0.2, -0.15) is 23.5 Å². The molecule has 5 heterocycles. The van der Waals surface area contributed by atoms with Gasteiger partial charge in [0.25, 0.3) is 0 Å². The predicted molar refractivity (Wildman–Crippen MR) is 376 cm³/mol. The van der Waals surface area contributed by atoms with Crippen LogP contribution in [0.1, 0.15) is 92.3 Å². The summed E-state index contributed by atoms with van der Waals surface area (Å²) in [6, 6.07) is 7.85. The number of aromatic amines is 3. The summed E-state index contributed by atoms with van der Waals surface area (Å²) in [6.07, 6.45) is 3.93. The number of aromatic hydroxyl groups is 1. The van der Waals surface area contributed by atoms with Gasteiger partial charge in [0.1, 0.15) is 70.5 Å². The zero-order valence-electron chi connectivity index (χ0n) is 56.4. The summed E-state index contributed by atoms with van der Waals surface area (Å²) >= 11 is 2.47. The number of nitrogens with one attached hydrogen (secondary N) is 11. The third-order valence-corrected chi connectivity index (χ3v) is 20.1. The number of carboxylic acids is 1. The first-order valence-corrected chi connectivity index (χ1v) is 35.6. The highest BCUT2D eigenvalue weighted by Gasteiger charge is 2.52. The Balaban J connectivity index is 1.07. The molecule has 4 aromatic carbocycles. The molecule has 0 unspecified atom stereocenters. The molecule has 33 heteroatoms. The number of primary amides is 1. The molecule has 9 rings (SSSR count). The number of imidazole rings is 1. The van der Waals surface area contributed by atoms with Gasteiger partial charge in [-0.05, 0) is 141 Å². The molecule has 0 spiro atoms. The zero-order valence-corrected chi connectivity index (χ0v) is 58.0. The standard InChI is InChI=1S/C70H82F3N15O13S2/c1-69(29-38-7-11-47(89)12-8-38)68(101)88-18-5-16-70(88,2)67(100)86-57(61(75)94)36-103-35-40-20-39(21-45(73)22-40)34-102-19-15-58(90)81-52(6-3-4-17-74)62(95)79-33-59(91)82-53(23-41-30-77-50-13-9-43(71)25-48(41)50)63(96)83-54(24-42-31-78-51-14-10-44(72)26-49(42)51)64(97)85-56(28-60(92)93)65(98)84-55(66(99)87-69)27-46-32-76-37-80-46/h7-14,20-22,25-26,30-32,37,52-57,77-78,89H,3-6,15-19,23-24,27-29,33-36,74H2,1-2H3,(H2,75,94)(H,76,80)(H,79,95)(H,81,90)(H,82,91)(H,83,96)(H,84,98)(H,85,97)(H,86,100)(H,87,99)(H,92,93)/t52-,53-,54-,55-,56-,57-,69-,70-/m0/s1. The van der Waals surface area contributed by atoms with Crippen molar-refractivity contribution in [3.63, 3.8) is 0 Å². The number of phenolic OH excluding ortho intramolecular Hbond substituents is 1. The van der Waals surface area contributed by atoms with E-state index in [1.165, 1.54) is 122 Å². The van der Waals surface area contributed by atoms with E-state index in [9.17, 15) is 52.6 Å². The van der Waals surface area contributed by atoms with Crippen molar-refractivity contribution >= 4 is 110 Å². The van der Waals surface area contributed by atoms with E-state index in [1.807, 2.05) is 0 Å². The molecule has 548 valence electrons. The van der Waals surface area contributed by atoms with Gasteiger partial charge in [-0.3, -0.25) is 52.7 Å². The number of fused-ring (bicyclic) bond motifs is 5. The van der Waals surface area contributed by atoms with Crippen LogP contribution in [0.4, 0.5) is 13.2 Å². The number of unbranched alkanes of at least 4 members (excludes halogenated alkanes) is 1. The molecule has 3 aromatic heterocycles. The molecule has 2 bridgehead atoms. The quantitative estimate of drug-likeness (QED) is 0.0656. The molecule has 1 fully saturated rings. The summed E-state index contributed by atoms with van der Waals surface area (Å²) in [6.45, 7) is 2.32. The van der Waals surface area contributed by atoms with Gasteiger partial charge in [0, 0.05) is 108 Å². The topological polar surface area (TPSA) is 440 Å². The van der Waals surface area contributed by atoms with E-state index >= 15 is 23.6 Å². The smallest absolute Gasteiger partial charge is 0.305 e. The van der Waals surface area contributed by atoms with Gasteiger partial charge in [0.05, 0.1) is 19.3 Å². The minimum Gasteiger partial charge on any atom is -0.508 e. The molecule has 103 heavy (non-hydrogen) atoms. The van der Waals surface area contributed by atoms with Crippen LogP contribution < -0.4 is 54.0 Å². The Hall–Kier alpha value is -10.4. The van der Waals surface area contributed by atoms with Crippen LogP contribution in [0.15, 0.2) is 104 Å². The number of aromatic nitrogens is 4. The number of halogens is 3. The lowest BCUT2D eigenvalue weighted by atomic mass is 9.88. The summed E-state index contributed by atoms with van der Waals surface area (Å²) in [5.74, 6) is -12.5. The van der Waals surface area contributed by atoms with Crippen LogP contribution in [0, 0.1) is 17.5 Å². The van der Waals surface area contributed by atoms with Crippen molar-refractivity contribution in [1.29, 1.82) is 0 Å². The number of rotatable bonds is 15. The van der Waals surface area contributed by atoms with Gasteiger partial charge in [0.2, 0.25) is 59.1 Å². The number of thioether (sulfide) groups is 2. The number of carbonyl (C=O) groups is 11. The first-order chi connectivity index (χ1) is 49.2. The Bertz CT molecular complexity index is 4280. The van der Waals surface area contributed by atoms with Gasteiger partial charge in [-0.15, -0.1) is 0 Å². The number of amides is 10. The minimum atomic E-state index is -2.07. The molecule has 2 aliphatic rings. The van der Waals surface area contributed by atoms with Crippen molar-refractivity contribution < 1.29 is 76.1 Å². The van der Waals surface area contributed by atoms with Gasteiger partial charge in [-0.1, -0.05) is 18.2 Å². The largest absolute Gasteiger partial charge is 0.508 e. The lowest BCUT2D eigenvalue weighted by Gasteiger charge is -2.41. The molecule has 0 saturated carbocycles. The molecular formula is C70H82F3N15O13S2. The van der Waals surface area contributed by atoms with Crippen LogP contribution in [0.25, 0.3) is 21.8 Å². The average molecular weight is 1460 g/mol. The Morgan fingerprint density at radius 2 is 1.25 bits per heavy atom. The van der Waals surface area contributed by atoms with Crippen LogP contribution in [0.5, 0.6) is 5.75 Å². The lowest BCUT2D eigenvalue weighted by Crippen LogP contribution is -2.67. The number of nitrogens with two attached hydrogens (primary N) is 2. The van der Waals surface area contributed by atoms with E-state index in [4.69, 9.17) is 11.5 Å². The Kier molecular flexibility index (Phi) is 26.1. The van der Waals surface area contributed by atoms with E-state index in [1.54, 1.807) is 6.07 Å². The highest BCUT2D eigenvalue weighted by molar-refractivity contribution is 7.98. The van der Waals surface area contributed by atoms with Crippen molar-refractivity contribution in [3.05, 3.63) is 155 Å². The van der Waals surface area contributed by atoms with E-state index in [2.05, 4.69) is 62.5 Å². The fourth-order valence-electron chi connectivity index (χ4n) is 12.5. The summed E-state index contributed by atoms with van der Waals surface area (Å²) in [7, 11) is 0. The van der Waals surface area contributed by atoms with Crippen LogP contribution in [-0.4, -0.2) is 179 Å². The summed E-state index contributed by atoms with van der Waals surface area (Å²) in [5, 5.41) is 42.1. The second-order valence-electron chi connectivity index (χ2n) is 25.9. The number of aliphatic carboxylic acids is 1. The Morgan fingerprint density at radius 3 is 1.85 bits per heavy atom. The van der Waals surface area contributed by atoms with Crippen molar-refractivity contribution in [1.82, 2.24) is 67.4 Å². The van der Waals surface area contributed by atoms with Crippen molar-refractivity contribution in [2.45, 2.75) is 143 Å². The molecule has 7 aromatic rings. The first kappa shape index (κ1) is 76.8. The van der Waals surface area contributed by atoms with Gasteiger partial charge < -0.3 is 84.1 Å². The lowest BCUT2D eigenvalue weighted by molar-refractivity contribution is -0.150. The average Bonchev–Trinajstić information content (AvgIpc) is 1.71. The summed E-state index contributed by atoms with van der Waals surface area (Å²) < 4.78 is 45.1. The van der Waals surface area contributed by atoms with Crippen molar-refractivity contribution in [3.8, 4) is 5.75 Å². The van der Waals surface area contributed by atoms with E-state index < -0.39 is 162 Å². The number of hydrogen-bond donors (Lipinski definition) is 15. The number of carboxylic acid groups (broad SMARTS) is 1. The van der Waals surface area contributed by atoms with E-state index in [-0.39, 0.29) is 90.6 Å². The maximum atomic E-state index is 15.5.